The number of carbonyl (C=O) groups is 2. The molecule has 1 heterocycles. The van der Waals surface area contributed by atoms with Crippen molar-refractivity contribution in [3.63, 3.8) is 0 Å². The van der Waals surface area contributed by atoms with Gasteiger partial charge in [-0.25, -0.2) is 4.79 Å². The summed E-state index contributed by atoms with van der Waals surface area (Å²) in [7, 11) is 0. The fourth-order valence-electron chi connectivity index (χ4n) is 5.41. The summed E-state index contributed by atoms with van der Waals surface area (Å²) in [6, 6.07) is 26.9. The van der Waals surface area contributed by atoms with Crippen LogP contribution in [0.5, 0.6) is 0 Å². The van der Waals surface area contributed by atoms with Gasteiger partial charge in [0.25, 0.3) is 0 Å². The average Bonchev–Trinajstić information content (AvgIpc) is 2.83. The van der Waals surface area contributed by atoms with Crippen LogP contribution in [0.1, 0.15) is 53.1 Å². The van der Waals surface area contributed by atoms with E-state index in [2.05, 4.69) is 49.4 Å². The Kier molecular flexibility index (Phi) is 7.05. The maximum Gasteiger partial charge on any atom is 0.315 e. The number of nitrogens with zero attached hydrogens (tertiary/aromatic N) is 1. The number of hydrogen-bond donors (Lipinski definition) is 1. The number of aliphatic carboxylic acids is 1. The zero-order valence-corrected chi connectivity index (χ0v) is 19.2. The molecule has 0 radical (unpaired) electrons. The summed E-state index contributed by atoms with van der Waals surface area (Å²) in [5.74, 6) is -0.887. The summed E-state index contributed by atoms with van der Waals surface area (Å²) < 4.78 is 0.292. The third-order valence-electron chi connectivity index (χ3n) is 7.03. The smallest absolute Gasteiger partial charge is 0.315 e. The Labute approximate surface area is 196 Å². The van der Waals surface area contributed by atoms with Crippen molar-refractivity contribution in [2.75, 3.05) is 13.1 Å². The molecule has 2 atom stereocenters. The molecule has 3 aromatic rings. The Morgan fingerprint density at radius 3 is 2.30 bits per heavy atom. The maximum absolute atomic E-state index is 13.9. The van der Waals surface area contributed by atoms with E-state index >= 15 is 0 Å². The standard InChI is InChI=1S/C29H31NO3/c1-22-10-8-16-26-25(22)19-21-30(27(31)17-18-28(32)33,29(26)24-14-6-3-7-15-24)20-9-13-23-11-4-2-5-12-23/h2-8,10-12,14-16,29H,9,13,17-21H2,1H3/p+1. The Morgan fingerprint density at radius 2 is 1.61 bits per heavy atom. The highest BCUT2D eigenvalue weighted by Gasteiger charge is 2.48. The van der Waals surface area contributed by atoms with Crippen molar-refractivity contribution in [1.82, 2.24) is 0 Å². The molecule has 0 saturated heterocycles. The number of rotatable bonds is 8. The summed E-state index contributed by atoms with van der Waals surface area (Å²) in [6.45, 7) is 3.54. The highest BCUT2D eigenvalue weighted by atomic mass is 16.4. The van der Waals surface area contributed by atoms with Crippen molar-refractivity contribution < 1.29 is 19.2 Å². The van der Waals surface area contributed by atoms with Crippen LogP contribution in [0.3, 0.4) is 0 Å². The van der Waals surface area contributed by atoms with E-state index in [4.69, 9.17) is 0 Å². The number of benzene rings is 3. The van der Waals surface area contributed by atoms with Gasteiger partial charge in [-0.2, -0.15) is 0 Å². The third-order valence-corrected chi connectivity index (χ3v) is 7.03. The summed E-state index contributed by atoms with van der Waals surface area (Å²) >= 11 is 0. The van der Waals surface area contributed by atoms with Crippen molar-refractivity contribution in [3.05, 3.63) is 107 Å². The molecule has 1 N–H and O–H groups in total. The lowest BCUT2D eigenvalue weighted by Crippen LogP contribution is -2.59. The molecular weight excluding hydrogens is 410 g/mol. The first-order valence-corrected chi connectivity index (χ1v) is 11.8. The number of hydrogen-bond acceptors (Lipinski definition) is 2. The molecule has 170 valence electrons. The summed E-state index contributed by atoms with van der Waals surface area (Å²) in [6.07, 6.45) is 2.53. The predicted octanol–water partition coefficient (Wildman–Crippen LogP) is 5.48. The fourth-order valence-corrected chi connectivity index (χ4v) is 5.41. The van der Waals surface area contributed by atoms with Gasteiger partial charge < -0.3 is 5.11 Å². The summed E-state index contributed by atoms with van der Waals surface area (Å²) in [5, 5.41) is 9.29. The molecule has 3 aromatic carbocycles. The van der Waals surface area contributed by atoms with Crippen LogP contribution in [0.2, 0.25) is 0 Å². The van der Waals surface area contributed by atoms with E-state index in [1.54, 1.807) is 0 Å². The highest BCUT2D eigenvalue weighted by Crippen LogP contribution is 2.43. The van der Waals surface area contributed by atoms with Crippen LogP contribution in [0.25, 0.3) is 0 Å². The molecule has 0 bridgehead atoms. The van der Waals surface area contributed by atoms with Crippen molar-refractivity contribution >= 4 is 11.9 Å². The van der Waals surface area contributed by atoms with E-state index in [1.165, 1.54) is 22.3 Å². The van der Waals surface area contributed by atoms with Gasteiger partial charge in [0.15, 0.2) is 0 Å². The lowest BCUT2D eigenvalue weighted by molar-refractivity contribution is -0.882. The van der Waals surface area contributed by atoms with Gasteiger partial charge in [0, 0.05) is 24.0 Å². The molecule has 4 rings (SSSR count). The first-order chi connectivity index (χ1) is 16.0. The molecule has 0 saturated carbocycles. The molecule has 0 fully saturated rings. The van der Waals surface area contributed by atoms with Gasteiger partial charge in [-0.1, -0.05) is 78.9 Å². The number of carboxylic acids is 1. The molecule has 4 heteroatoms. The lowest BCUT2D eigenvalue weighted by Gasteiger charge is -2.47. The number of quaternary nitrogens is 1. The van der Waals surface area contributed by atoms with E-state index in [1.807, 2.05) is 36.4 Å². The van der Waals surface area contributed by atoms with Crippen molar-refractivity contribution in [3.8, 4) is 0 Å². The van der Waals surface area contributed by atoms with E-state index in [9.17, 15) is 14.7 Å². The normalized spacial score (nSPS) is 19.6. The number of amides is 1. The Morgan fingerprint density at radius 1 is 0.909 bits per heavy atom. The summed E-state index contributed by atoms with van der Waals surface area (Å²) in [5.41, 5.74) is 6.17. The first-order valence-electron chi connectivity index (χ1n) is 11.8. The average molecular weight is 443 g/mol. The molecule has 1 amide bonds. The van der Waals surface area contributed by atoms with Crippen molar-refractivity contribution in [2.24, 2.45) is 0 Å². The van der Waals surface area contributed by atoms with Gasteiger partial charge in [0.2, 0.25) is 0 Å². The van der Waals surface area contributed by atoms with Crippen LogP contribution in [0.15, 0.2) is 78.9 Å². The van der Waals surface area contributed by atoms with Gasteiger partial charge in [0.05, 0.1) is 25.9 Å². The minimum Gasteiger partial charge on any atom is -0.481 e. The molecule has 0 aliphatic carbocycles. The maximum atomic E-state index is 13.9. The highest BCUT2D eigenvalue weighted by molar-refractivity contribution is 5.77. The zero-order chi connectivity index (χ0) is 23.3. The van der Waals surface area contributed by atoms with Gasteiger partial charge in [-0.15, -0.1) is 0 Å². The van der Waals surface area contributed by atoms with E-state index < -0.39 is 5.97 Å². The molecule has 1 aliphatic heterocycles. The number of carboxylic acid groups (broad SMARTS) is 1. The van der Waals surface area contributed by atoms with Gasteiger partial charge in [-0.05, 0) is 30.0 Å². The van der Waals surface area contributed by atoms with Gasteiger partial charge in [-0.3, -0.25) is 9.28 Å². The molecule has 1 aliphatic rings. The second kappa shape index (κ2) is 10.1. The van der Waals surface area contributed by atoms with Crippen LogP contribution in [-0.2, 0) is 22.4 Å². The van der Waals surface area contributed by atoms with E-state index in [-0.39, 0.29) is 24.8 Å². The number of fused-ring (bicyclic) bond motifs is 1. The second-order valence-corrected chi connectivity index (χ2v) is 9.06. The Balaban J connectivity index is 1.76. The van der Waals surface area contributed by atoms with Crippen LogP contribution < -0.4 is 0 Å². The number of aryl methyl sites for hydroxylation is 2. The molecule has 0 aromatic heterocycles. The second-order valence-electron chi connectivity index (χ2n) is 9.06. The van der Waals surface area contributed by atoms with Crippen LogP contribution in [-0.4, -0.2) is 34.6 Å². The van der Waals surface area contributed by atoms with Crippen LogP contribution in [0, 0.1) is 6.92 Å². The minimum absolute atomic E-state index is 0.0338. The molecule has 2 unspecified atom stereocenters. The Bertz CT molecular complexity index is 1110. The minimum atomic E-state index is -0.921. The Hall–Kier alpha value is -3.24. The quantitative estimate of drug-likeness (QED) is 0.470. The lowest BCUT2D eigenvalue weighted by atomic mass is 9.83. The van der Waals surface area contributed by atoms with Crippen LogP contribution >= 0.6 is 0 Å². The monoisotopic (exact) mass is 442 g/mol. The molecule has 4 nitrogen and oxygen atoms in total. The summed E-state index contributed by atoms with van der Waals surface area (Å²) in [4.78, 5) is 25.2. The fraction of sp³-hybridized carbons (Fsp3) is 0.310. The van der Waals surface area contributed by atoms with Crippen molar-refractivity contribution in [1.29, 1.82) is 0 Å². The van der Waals surface area contributed by atoms with E-state index in [0.717, 1.165) is 24.8 Å². The predicted molar refractivity (Wildman–Crippen MR) is 130 cm³/mol. The molecular formula is C29H32NO3+. The largest absolute Gasteiger partial charge is 0.481 e. The molecule has 33 heavy (non-hydrogen) atoms. The van der Waals surface area contributed by atoms with Gasteiger partial charge in [0.1, 0.15) is 6.04 Å². The SMILES string of the molecule is Cc1cccc2c1CC[N+](CCCc1ccccc1)(C(=O)CCC(=O)O)C2c1ccccc1. The first kappa shape index (κ1) is 22.9. The zero-order valence-electron chi connectivity index (χ0n) is 19.2. The number of carbonyl (C=O) groups excluding carboxylic acids is 1. The van der Waals surface area contributed by atoms with Crippen LogP contribution in [0.4, 0.5) is 0 Å². The van der Waals surface area contributed by atoms with Gasteiger partial charge >= 0.3 is 11.9 Å². The van der Waals surface area contributed by atoms with Crippen molar-refractivity contribution in [2.45, 2.75) is 45.1 Å². The molecule has 0 spiro atoms. The third kappa shape index (κ3) is 4.91. The topological polar surface area (TPSA) is 54.4 Å². The van der Waals surface area contributed by atoms with E-state index in [0.29, 0.717) is 17.6 Å².